The number of rotatable bonds is 6. The average molecular weight is 255 g/mol. The van der Waals surface area contributed by atoms with Gasteiger partial charge in [-0.2, -0.15) is 0 Å². The zero-order valence-corrected chi connectivity index (χ0v) is 10.5. The SMILES string of the molecule is CC(O)(O)c1ccc(CCC(N)(CO)CO)cc1. The first kappa shape index (κ1) is 15.1. The first-order valence-electron chi connectivity index (χ1n) is 5.85. The molecule has 0 radical (unpaired) electrons. The molecular formula is C13H21NO4. The maximum absolute atomic E-state index is 9.38. The first-order chi connectivity index (χ1) is 8.30. The Morgan fingerprint density at radius 3 is 1.94 bits per heavy atom. The summed E-state index contributed by atoms with van der Waals surface area (Å²) in [5, 5.41) is 36.9. The molecule has 0 heterocycles. The second kappa shape index (κ2) is 5.77. The molecular weight excluding hydrogens is 234 g/mol. The molecule has 0 atom stereocenters. The van der Waals surface area contributed by atoms with E-state index >= 15 is 0 Å². The highest BCUT2D eigenvalue weighted by atomic mass is 16.5. The van der Waals surface area contributed by atoms with Crippen molar-refractivity contribution >= 4 is 0 Å². The van der Waals surface area contributed by atoms with Gasteiger partial charge >= 0.3 is 0 Å². The Labute approximate surface area is 107 Å². The number of aliphatic hydroxyl groups is 4. The Morgan fingerprint density at radius 1 is 1.06 bits per heavy atom. The van der Waals surface area contributed by atoms with Crippen LogP contribution in [0.4, 0.5) is 0 Å². The van der Waals surface area contributed by atoms with Crippen LogP contribution in [0.15, 0.2) is 24.3 Å². The van der Waals surface area contributed by atoms with Gasteiger partial charge in [0.25, 0.3) is 0 Å². The molecule has 0 spiro atoms. The highest BCUT2D eigenvalue weighted by molar-refractivity contribution is 5.25. The van der Waals surface area contributed by atoms with Gasteiger partial charge in [0.2, 0.25) is 0 Å². The summed E-state index contributed by atoms with van der Waals surface area (Å²) in [6.45, 7) is 0.754. The van der Waals surface area contributed by atoms with Crippen LogP contribution in [0.2, 0.25) is 0 Å². The van der Waals surface area contributed by atoms with E-state index in [1.807, 2.05) is 0 Å². The predicted molar refractivity (Wildman–Crippen MR) is 67.6 cm³/mol. The largest absolute Gasteiger partial charge is 0.394 e. The molecule has 1 rings (SSSR count). The molecule has 0 aliphatic heterocycles. The Hall–Kier alpha value is -0.980. The van der Waals surface area contributed by atoms with Gasteiger partial charge in [-0.3, -0.25) is 0 Å². The Kier molecular flexibility index (Phi) is 4.84. The molecule has 5 heteroatoms. The lowest BCUT2D eigenvalue weighted by molar-refractivity contribution is -0.152. The van der Waals surface area contributed by atoms with Crippen molar-refractivity contribution in [1.29, 1.82) is 0 Å². The van der Waals surface area contributed by atoms with Gasteiger partial charge in [0.05, 0.1) is 18.8 Å². The van der Waals surface area contributed by atoms with Crippen LogP contribution in [-0.2, 0) is 12.2 Å². The minimum atomic E-state index is -1.84. The first-order valence-corrected chi connectivity index (χ1v) is 5.85. The monoisotopic (exact) mass is 255 g/mol. The van der Waals surface area contributed by atoms with Gasteiger partial charge in [-0.15, -0.1) is 0 Å². The maximum Gasteiger partial charge on any atom is 0.186 e. The van der Waals surface area contributed by atoms with E-state index in [0.717, 1.165) is 5.56 Å². The van der Waals surface area contributed by atoms with Crippen LogP contribution in [0, 0.1) is 0 Å². The summed E-state index contributed by atoms with van der Waals surface area (Å²) in [6.07, 6.45) is 1.06. The van der Waals surface area contributed by atoms with Crippen molar-refractivity contribution in [3.05, 3.63) is 35.4 Å². The highest BCUT2D eigenvalue weighted by Gasteiger charge is 2.23. The van der Waals surface area contributed by atoms with Crippen LogP contribution >= 0.6 is 0 Å². The quantitative estimate of drug-likeness (QED) is 0.439. The fourth-order valence-corrected chi connectivity index (χ4v) is 1.59. The van der Waals surface area contributed by atoms with E-state index in [1.165, 1.54) is 6.92 Å². The van der Waals surface area contributed by atoms with Crippen LogP contribution in [0.1, 0.15) is 24.5 Å². The number of hydrogen-bond acceptors (Lipinski definition) is 5. The highest BCUT2D eigenvalue weighted by Crippen LogP contribution is 2.19. The number of aryl methyl sites for hydroxylation is 1. The zero-order valence-electron chi connectivity index (χ0n) is 10.5. The maximum atomic E-state index is 9.38. The molecule has 0 unspecified atom stereocenters. The fraction of sp³-hybridized carbons (Fsp3) is 0.538. The molecule has 0 saturated carbocycles. The van der Waals surface area contributed by atoms with Crippen LogP contribution in [0.3, 0.4) is 0 Å². The average Bonchev–Trinajstić information content (AvgIpc) is 2.35. The van der Waals surface area contributed by atoms with Gasteiger partial charge in [-0.1, -0.05) is 24.3 Å². The third-order valence-electron chi connectivity index (χ3n) is 3.04. The van der Waals surface area contributed by atoms with E-state index in [4.69, 9.17) is 15.9 Å². The van der Waals surface area contributed by atoms with E-state index in [1.54, 1.807) is 24.3 Å². The van der Waals surface area contributed by atoms with Crippen molar-refractivity contribution in [2.45, 2.75) is 31.1 Å². The second-order valence-electron chi connectivity index (χ2n) is 4.90. The second-order valence-corrected chi connectivity index (χ2v) is 4.90. The standard InChI is InChI=1S/C13H21NO4/c1-12(17,18)11-4-2-10(3-5-11)6-7-13(14,8-15)9-16/h2-5,15-18H,6-9,14H2,1H3. The Morgan fingerprint density at radius 2 is 1.56 bits per heavy atom. The Bertz CT molecular complexity index is 366. The van der Waals surface area contributed by atoms with E-state index in [0.29, 0.717) is 18.4 Å². The van der Waals surface area contributed by atoms with Crippen molar-refractivity contribution in [3.8, 4) is 0 Å². The van der Waals surface area contributed by atoms with Crippen LogP contribution < -0.4 is 5.73 Å². The van der Waals surface area contributed by atoms with Crippen molar-refractivity contribution in [1.82, 2.24) is 0 Å². The fourth-order valence-electron chi connectivity index (χ4n) is 1.59. The van der Waals surface area contributed by atoms with Crippen LogP contribution in [0.25, 0.3) is 0 Å². The number of nitrogens with two attached hydrogens (primary N) is 1. The van der Waals surface area contributed by atoms with E-state index in [-0.39, 0.29) is 13.2 Å². The number of aliphatic hydroxyl groups excluding tert-OH is 2. The molecule has 0 aromatic heterocycles. The van der Waals surface area contributed by atoms with Crippen molar-refractivity contribution in [3.63, 3.8) is 0 Å². The van der Waals surface area contributed by atoms with Gasteiger partial charge in [0, 0.05) is 5.56 Å². The summed E-state index contributed by atoms with van der Waals surface area (Å²) in [5.74, 6) is -1.84. The summed E-state index contributed by atoms with van der Waals surface area (Å²) in [4.78, 5) is 0. The molecule has 0 aliphatic carbocycles. The summed E-state index contributed by atoms with van der Waals surface area (Å²) < 4.78 is 0. The minimum absolute atomic E-state index is 0.271. The predicted octanol–water partition coefficient (Wildman–Crippen LogP) is -0.541. The molecule has 18 heavy (non-hydrogen) atoms. The smallest absolute Gasteiger partial charge is 0.186 e. The molecule has 0 amide bonds. The topological polar surface area (TPSA) is 107 Å². The lowest BCUT2D eigenvalue weighted by Gasteiger charge is -2.24. The van der Waals surface area contributed by atoms with Crippen molar-refractivity contribution in [2.75, 3.05) is 13.2 Å². The molecule has 1 aromatic rings. The molecule has 1 aromatic carbocycles. The lowest BCUT2D eigenvalue weighted by Crippen LogP contribution is -2.47. The lowest BCUT2D eigenvalue weighted by atomic mass is 9.93. The number of benzene rings is 1. The van der Waals surface area contributed by atoms with Gasteiger partial charge in [-0.25, -0.2) is 0 Å². The third-order valence-corrected chi connectivity index (χ3v) is 3.04. The Balaban J connectivity index is 2.65. The normalized spacial score (nSPS) is 12.8. The molecule has 0 fully saturated rings. The third kappa shape index (κ3) is 4.04. The van der Waals surface area contributed by atoms with E-state index in [2.05, 4.69) is 0 Å². The minimum Gasteiger partial charge on any atom is -0.394 e. The van der Waals surface area contributed by atoms with Gasteiger partial charge in [0.15, 0.2) is 5.79 Å². The summed E-state index contributed by atoms with van der Waals surface area (Å²) in [7, 11) is 0. The molecule has 0 bridgehead atoms. The van der Waals surface area contributed by atoms with Crippen LogP contribution in [-0.4, -0.2) is 39.2 Å². The molecule has 0 saturated heterocycles. The summed E-state index contributed by atoms with van der Waals surface area (Å²) in [5.41, 5.74) is 6.16. The van der Waals surface area contributed by atoms with Crippen molar-refractivity contribution < 1.29 is 20.4 Å². The van der Waals surface area contributed by atoms with Gasteiger partial charge < -0.3 is 26.2 Å². The van der Waals surface area contributed by atoms with E-state index < -0.39 is 11.3 Å². The molecule has 6 N–H and O–H groups in total. The molecule has 0 aliphatic rings. The number of hydrogen-bond donors (Lipinski definition) is 5. The molecule has 102 valence electrons. The molecule has 5 nitrogen and oxygen atoms in total. The van der Waals surface area contributed by atoms with Crippen molar-refractivity contribution in [2.24, 2.45) is 5.73 Å². The van der Waals surface area contributed by atoms with E-state index in [9.17, 15) is 10.2 Å². The summed E-state index contributed by atoms with van der Waals surface area (Å²) in [6, 6.07) is 6.81. The zero-order chi connectivity index (χ0) is 13.8. The van der Waals surface area contributed by atoms with Crippen LogP contribution in [0.5, 0.6) is 0 Å². The van der Waals surface area contributed by atoms with Gasteiger partial charge in [-0.05, 0) is 25.3 Å². The van der Waals surface area contributed by atoms with Gasteiger partial charge in [0.1, 0.15) is 0 Å². The summed E-state index contributed by atoms with van der Waals surface area (Å²) >= 11 is 0.